The standard InChI is InChI=1S/C17H23N3S/c1-3-8-18-10-15-11-19-17(21-15)20-12-13(2)9-14-6-4-5-7-16(14)20/h4-7,11,13,18H,3,8-10,12H2,1-2H3. The predicted octanol–water partition coefficient (Wildman–Crippen LogP) is 3.97. The van der Waals surface area contributed by atoms with Crippen LogP contribution in [0.4, 0.5) is 10.8 Å². The van der Waals surface area contributed by atoms with Gasteiger partial charge < -0.3 is 10.2 Å². The summed E-state index contributed by atoms with van der Waals surface area (Å²) in [5.41, 5.74) is 2.77. The average molecular weight is 301 g/mol. The number of aromatic nitrogens is 1. The van der Waals surface area contributed by atoms with Crippen LogP contribution >= 0.6 is 11.3 Å². The van der Waals surface area contributed by atoms with Gasteiger partial charge in [-0.25, -0.2) is 4.98 Å². The zero-order valence-electron chi connectivity index (χ0n) is 12.8. The monoisotopic (exact) mass is 301 g/mol. The van der Waals surface area contributed by atoms with Crippen molar-refractivity contribution < 1.29 is 0 Å². The van der Waals surface area contributed by atoms with Crippen molar-refractivity contribution in [3.8, 4) is 0 Å². The summed E-state index contributed by atoms with van der Waals surface area (Å²) in [5, 5.41) is 4.57. The predicted molar refractivity (Wildman–Crippen MR) is 90.4 cm³/mol. The molecule has 3 nitrogen and oxygen atoms in total. The van der Waals surface area contributed by atoms with E-state index >= 15 is 0 Å². The van der Waals surface area contributed by atoms with Crippen LogP contribution in [0.3, 0.4) is 0 Å². The highest BCUT2D eigenvalue weighted by atomic mass is 32.1. The lowest BCUT2D eigenvalue weighted by Gasteiger charge is -2.32. The molecule has 4 heteroatoms. The summed E-state index contributed by atoms with van der Waals surface area (Å²) in [6, 6.07) is 8.73. The summed E-state index contributed by atoms with van der Waals surface area (Å²) in [7, 11) is 0. The smallest absolute Gasteiger partial charge is 0.190 e. The van der Waals surface area contributed by atoms with E-state index in [4.69, 9.17) is 0 Å². The van der Waals surface area contributed by atoms with Crippen LogP contribution < -0.4 is 10.2 Å². The Hall–Kier alpha value is -1.39. The van der Waals surface area contributed by atoms with Gasteiger partial charge in [0.05, 0.1) is 0 Å². The maximum absolute atomic E-state index is 4.66. The van der Waals surface area contributed by atoms with E-state index in [1.807, 2.05) is 17.5 Å². The minimum atomic E-state index is 0.672. The summed E-state index contributed by atoms with van der Waals surface area (Å²) in [5.74, 6) is 0.672. The molecule has 2 aromatic rings. The van der Waals surface area contributed by atoms with Crippen LogP contribution in [0.25, 0.3) is 0 Å². The molecule has 0 amide bonds. The molecule has 1 aromatic heterocycles. The van der Waals surface area contributed by atoms with Gasteiger partial charge in [-0.1, -0.05) is 32.0 Å². The van der Waals surface area contributed by atoms with Gasteiger partial charge in [0.25, 0.3) is 0 Å². The quantitative estimate of drug-likeness (QED) is 0.847. The van der Waals surface area contributed by atoms with Gasteiger partial charge in [0, 0.05) is 29.9 Å². The third kappa shape index (κ3) is 3.27. The van der Waals surface area contributed by atoms with E-state index in [-0.39, 0.29) is 0 Å². The maximum Gasteiger partial charge on any atom is 0.190 e. The first-order chi connectivity index (χ1) is 10.3. The second-order valence-corrected chi connectivity index (χ2v) is 6.93. The van der Waals surface area contributed by atoms with Crippen molar-refractivity contribution in [2.45, 2.75) is 33.2 Å². The molecule has 2 heterocycles. The number of para-hydroxylation sites is 1. The van der Waals surface area contributed by atoms with Gasteiger partial charge >= 0.3 is 0 Å². The Morgan fingerprint density at radius 1 is 1.38 bits per heavy atom. The summed E-state index contributed by atoms with van der Waals surface area (Å²) in [6.07, 6.45) is 4.36. The third-order valence-corrected chi connectivity index (χ3v) is 4.86. The molecule has 1 N–H and O–H groups in total. The van der Waals surface area contributed by atoms with Crippen molar-refractivity contribution >= 4 is 22.2 Å². The van der Waals surface area contributed by atoms with Gasteiger partial charge in [0.1, 0.15) is 0 Å². The lowest BCUT2D eigenvalue weighted by Crippen LogP contribution is -2.30. The number of anilines is 2. The van der Waals surface area contributed by atoms with E-state index in [0.29, 0.717) is 5.92 Å². The van der Waals surface area contributed by atoms with Gasteiger partial charge in [0.2, 0.25) is 0 Å². The van der Waals surface area contributed by atoms with Gasteiger partial charge in [-0.2, -0.15) is 0 Å². The number of rotatable bonds is 5. The van der Waals surface area contributed by atoms with Crippen LogP contribution in [0.1, 0.15) is 30.7 Å². The molecule has 0 radical (unpaired) electrons. The lowest BCUT2D eigenvalue weighted by atomic mass is 9.94. The Morgan fingerprint density at radius 2 is 2.24 bits per heavy atom. The van der Waals surface area contributed by atoms with E-state index in [0.717, 1.165) is 24.8 Å². The van der Waals surface area contributed by atoms with Gasteiger partial charge in [-0.3, -0.25) is 0 Å². The Bertz CT molecular complexity index is 593. The first kappa shape index (κ1) is 14.5. The molecule has 21 heavy (non-hydrogen) atoms. The molecule has 1 atom stereocenters. The molecule has 1 aliphatic heterocycles. The maximum atomic E-state index is 4.66. The molecular formula is C17H23N3S. The molecule has 1 aliphatic rings. The van der Waals surface area contributed by atoms with Crippen LogP contribution in [-0.4, -0.2) is 18.1 Å². The van der Waals surface area contributed by atoms with Crippen molar-refractivity contribution in [1.82, 2.24) is 10.3 Å². The zero-order chi connectivity index (χ0) is 14.7. The van der Waals surface area contributed by atoms with E-state index in [1.165, 1.54) is 29.0 Å². The van der Waals surface area contributed by atoms with Gasteiger partial charge in [0.15, 0.2) is 5.13 Å². The molecule has 0 saturated carbocycles. The van der Waals surface area contributed by atoms with E-state index in [2.05, 4.69) is 53.3 Å². The van der Waals surface area contributed by atoms with Crippen molar-refractivity contribution in [3.63, 3.8) is 0 Å². The fourth-order valence-corrected chi connectivity index (χ4v) is 3.77. The molecule has 1 unspecified atom stereocenters. The number of fused-ring (bicyclic) bond motifs is 1. The first-order valence-electron chi connectivity index (χ1n) is 7.78. The third-order valence-electron chi connectivity index (χ3n) is 3.84. The highest BCUT2D eigenvalue weighted by Crippen LogP contribution is 2.37. The second-order valence-electron chi connectivity index (χ2n) is 5.83. The van der Waals surface area contributed by atoms with Crippen LogP contribution in [0.2, 0.25) is 0 Å². The van der Waals surface area contributed by atoms with Gasteiger partial charge in [-0.15, -0.1) is 11.3 Å². The molecule has 0 aliphatic carbocycles. The molecular weight excluding hydrogens is 278 g/mol. The molecule has 3 rings (SSSR count). The normalized spacial score (nSPS) is 17.8. The fourth-order valence-electron chi connectivity index (χ4n) is 2.87. The molecule has 0 fully saturated rings. The Labute approximate surface area is 131 Å². The zero-order valence-corrected chi connectivity index (χ0v) is 13.6. The van der Waals surface area contributed by atoms with Gasteiger partial charge in [-0.05, 0) is 36.9 Å². The number of thiazole rings is 1. The summed E-state index contributed by atoms with van der Waals surface area (Å²) >= 11 is 1.81. The number of hydrogen-bond acceptors (Lipinski definition) is 4. The average Bonchev–Trinajstić information content (AvgIpc) is 2.95. The van der Waals surface area contributed by atoms with Crippen molar-refractivity contribution in [1.29, 1.82) is 0 Å². The van der Waals surface area contributed by atoms with Crippen molar-refractivity contribution in [2.24, 2.45) is 5.92 Å². The number of nitrogens with zero attached hydrogens (tertiary/aromatic N) is 2. The largest absolute Gasteiger partial charge is 0.317 e. The minimum absolute atomic E-state index is 0.672. The van der Waals surface area contributed by atoms with Crippen LogP contribution in [-0.2, 0) is 13.0 Å². The first-order valence-corrected chi connectivity index (χ1v) is 8.60. The summed E-state index contributed by atoms with van der Waals surface area (Å²) in [4.78, 5) is 8.36. The Kier molecular flexibility index (Phi) is 4.56. The highest BCUT2D eigenvalue weighted by Gasteiger charge is 2.24. The fraction of sp³-hybridized carbons (Fsp3) is 0.471. The Morgan fingerprint density at radius 3 is 3.10 bits per heavy atom. The Balaban J connectivity index is 1.80. The van der Waals surface area contributed by atoms with Crippen LogP contribution in [0.5, 0.6) is 0 Å². The lowest BCUT2D eigenvalue weighted by molar-refractivity contribution is 0.562. The van der Waals surface area contributed by atoms with Crippen LogP contribution in [0.15, 0.2) is 30.5 Å². The molecule has 112 valence electrons. The van der Waals surface area contributed by atoms with Crippen molar-refractivity contribution in [3.05, 3.63) is 40.9 Å². The molecule has 0 saturated heterocycles. The van der Waals surface area contributed by atoms with Crippen molar-refractivity contribution in [2.75, 3.05) is 18.0 Å². The summed E-state index contributed by atoms with van der Waals surface area (Å²) < 4.78 is 0. The number of nitrogens with one attached hydrogen (secondary N) is 1. The SMILES string of the molecule is CCCNCc1cnc(N2CC(C)Cc3ccccc32)s1. The molecule has 0 bridgehead atoms. The number of benzene rings is 1. The summed E-state index contributed by atoms with van der Waals surface area (Å²) in [6.45, 7) is 7.57. The highest BCUT2D eigenvalue weighted by molar-refractivity contribution is 7.15. The van der Waals surface area contributed by atoms with E-state index in [9.17, 15) is 0 Å². The van der Waals surface area contributed by atoms with Crippen LogP contribution in [0, 0.1) is 5.92 Å². The topological polar surface area (TPSA) is 28.2 Å². The molecule has 0 spiro atoms. The van der Waals surface area contributed by atoms with E-state index in [1.54, 1.807) is 0 Å². The van der Waals surface area contributed by atoms with E-state index < -0.39 is 0 Å². The minimum Gasteiger partial charge on any atom is -0.317 e. The molecule has 1 aromatic carbocycles. The second kappa shape index (κ2) is 6.58. The number of hydrogen-bond donors (Lipinski definition) is 1.